The summed E-state index contributed by atoms with van der Waals surface area (Å²) < 4.78 is 15.1. The Bertz CT molecular complexity index is 752. The third-order valence-electron chi connectivity index (χ3n) is 4.58. The van der Waals surface area contributed by atoms with Gasteiger partial charge in [0.1, 0.15) is 5.82 Å². The van der Waals surface area contributed by atoms with Crippen molar-refractivity contribution in [3.63, 3.8) is 0 Å². The molecule has 25 heavy (non-hydrogen) atoms. The van der Waals surface area contributed by atoms with E-state index in [1.807, 2.05) is 16.8 Å². The zero-order valence-electron chi connectivity index (χ0n) is 15.1. The second-order valence-electron chi connectivity index (χ2n) is 6.78. The standard InChI is InChI=1S/C19H25FN4O/c1-4-10-24-17-9-11-23(12-14-5-7-15(20)8-6-14)13-16(17)18(21-24)19(25)22(2)3/h5-8H,4,9-13H2,1-3H3. The van der Waals surface area contributed by atoms with E-state index < -0.39 is 0 Å². The van der Waals surface area contributed by atoms with Crippen LogP contribution in [0.5, 0.6) is 0 Å². The van der Waals surface area contributed by atoms with Crippen molar-refractivity contribution in [3.05, 3.63) is 52.6 Å². The van der Waals surface area contributed by atoms with Crippen LogP contribution in [0.1, 0.15) is 40.7 Å². The number of nitrogens with zero attached hydrogens (tertiary/aromatic N) is 4. The number of amides is 1. The SMILES string of the molecule is CCCn1nc(C(=O)N(C)C)c2c1CCN(Cc1ccc(F)cc1)C2. The molecule has 134 valence electrons. The van der Waals surface area contributed by atoms with Crippen LogP contribution in [0.2, 0.25) is 0 Å². The summed E-state index contributed by atoms with van der Waals surface area (Å²) in [6.45, 7) is 5.31. The van der Waals surface area contributed by atoms with Gasteiger partial charge in [0.05, 0.1) is 0 Å². The molecule has 0 N–H and O–H groups in total. The molecular formula is C19H25FN4O. The molecule has 1 aromatic heterocycles. The highest BCUT2D eigenvalue weighted by Gasteiger charge is 2.28. The van der Waals surface area contributed by atoms with Gasteiger partial charge in [0.25, 0.3) is 5.91 Å². The van der Waals surface area contributed by atoms with E-state index in [2.05, 4.69) is 16.9 Å². The highest BCUT2D eigenvalue weighted by atomic mass is 19.1. The van der Waals surface area contributed by atoms with Crippen molar-refractivity contribution in [2.45, 2.75) is 39.4 Å². The minimum Gasteiger partial charge on any atom is -0.343 e. The smallest absolute Gasteiger partial charge is 0.274 e. The van der Waals surface area contributed by atoms with Crippen LogP contribution in [0.15, 0.2) is 24.3 Å². The molecule has 1 aliphatic rings. The van der Waals surface area contributed by atoms with Crippen molar-refractivity contribution in [1.82, 2.24) is 19.6 Å². The lowest BCUT2D eigenvalue weighted by Crippen LogP contribution is -2.32. The molecule has 6 heteroatoms. The molecule has 2 aromatic rings. The Balaban J connectivity index is 1.85. The second-order valence-corrected chi connectivity index (χ2v) is 6.78. The lowest BCUT2D eigenvalue weighted by atomic mass is 10.0. The van der Waals surface area contributed by atoms with Crippen molar-refractivity contribution in [2.75, 3.05) is 20.6 Å². The number of rotatable bonds is 5. The van der Waals surface area contributed by atoms with Gasteiger partial charge in [-0.25, -0.2) is 4.39 Å². The first kappa shape index (κ1) is 17.6. The normalized spacial score (nSPS) is 14.4. The van der Waals surface area contributed by atoms with Crippen LogP contribution < -0.4 is 0 Å². The first-order valence-electron chi connectivity index (χ1n) is 8.76. The number of aromatic nitrogens is 2. The molecule has 0 saturated heterocycles. The van der Waals surface area contributed by atoms with Crippen LogP contribution in [0.3, 0.4) is 0 Å². The van der Waals surface area contributed by atoms with Gasteiger partial charge in [0, 0.05) is 58.0 Å². The predicted molar refractivity (Wildman–Crippen MR) is 94.8 cm³/mol. The fourth-order valence-corrected chi connectivity index (χ4v) is 3.31. The summed E-state index contributed by atoms with van der Waals surface area (Å²) in [6.07, 6.45) is 1.87. The lowest BCUT2D eigenvalue weighted by molar-refractivity contribution is 0.0818. The maximum Gasteiger partial charge on any atom is 0.274 e. The molecule has 1 amide bonds. The first-order chi connectivity index (χ1) is 12.0. The monoisotopic (exact) mass is 344 g/mol. The van der Waals surface area contributed by atoms with Crippen LogP contribution in [0, 0.1) is 5.82 Å². The number of carbonyl (C=O) groups is 1. The number of hydrogen-bond acceptors (Lipinski definition) is 3. The topological polar surface area (TPSA) is 41.4 Å². The molecule has 3 rings (SSSR count). The molecule has 0 fully saturated rings. The Labute approximate surface area is 148 Å². The largest absolute Gasteiger partial charge is 0.343 e. The van der Waals surface area contributed by atoms with E-state index in [4.69, 9.17) is 0 Å². The van der Waals surface area contributed by atoms with Crippen molar-refractivity contribution >= 4 is 5.91 Å². The average molecular weight is 344 g/mol. The molecule has 0 atom stereocenters. The number of halogens is 1. The van der Waals surface area contributed by atoms with E-state index >= 15 is 0 Å². The molecular weight excluding hydrogens is 319 g/mol. The maximum atomic E-state index is 13.1. The Kier molecular flexibility index (Phi) is 5.18. The number of carbonyl (C=O) groups excluding carboxylic acids is 1. The van der Waals surface area contributed by atoms with Gasteiger partial charge in [-0.3, -0.25) is 14.4 Å². The van der Waals surface area contributed by atoms with Gasteiger partial charge < -0.3 is 4.90 Å². The Morgan fingerprint density at radius 3 is 2.64 bits per heavy atom. The molecule has 0 radical (unpaired) electrons. The van der Waals surface area contributed by atoms with Crippen LogP contribution >= 0.6 is 0 Å². The summed E-state index contributed by atoms with van der Waals surface area (Å²) in [5.74, 6) is -0.265. The second kappa shape index (κ2) is 7.35. The van der Waals surface area contributed by atoms with E-state index in [-0.39, 0.29) is 11.7 Å². The Morgan fingerprint density at radius 1 is 1.28 bits per heavy atom. The van der Waals surface area contributed by atoms with E-state index in [1.54, 1.807) is 19.0 Å². The fraction of sp³-hybridized carbons (Fsp3) is 0.474. The van der Waals surface area contributed by atoms with Crippen LogP contribution in [0.25, 0.3) is 0 Å². The number of hydrogen-bond donors (Lipinski definition) is 0. The highest BCUT2D eigenvalue weighted by Crippen LogP contribution is 2.25. The number of aryl methyl sites for hydroxylation is 1. The van der Waals surface area contributed by atoms with Gasteiger partial charge in [-0.05, 0) is 24.1 Å². The fourth-order valence-electron chi connectivity index (χ4n) is 3.31. The van der Waals surface area contributed by atoms with Gasteiger partial charge in [0.2, 0.25) is 0 Å². The molecule has 0 bridgehead atoms. The zero-order chi connectivity index (χ0) is 18.0. The summed E-state index contributed by atoms with van der Waals surface area (Å²) in [7, 11) is 3.51. The molecule has 5 nitrogen and oxygen atoms in total. The summed E-state index contributed by atoms with van der Waals surface area (Å²) in [5.41, 5.74) is 3.87. The quantitative estimate of drug-likeness (QED) is 0.837. The summed E-state index contributed by atoms with van der Waals surface area (Å²) in [5, 5.41) is 4.61. The van der Waals surface area contributed by atoms with Crippen LogP contribution in [-0.2, 0) is 26.1 Å². The van der Waals surface area contributed by atoms with Crippen LogP contribution in [0.4, 0.5) is 4.39 Å². The maximum absolute atomic E-state index is 13.1. The van der Waals surface area contributed by atoms with Crippen molar-refractivity contribution in [2.24, 2.45) is 0 Å². The van der Waals surface area contributed by atoms with E-state index in [9.17, 15) is 9.18 Å². The van der Waals surface area contributed by atoms with E-state index in [1.165, 1.54) is 17.8 Å². The Hall–Kier alpha value is -2.21. The molecule has 0 spiro atoms. The average Bonchev–Trinajstić information content (AvgIpc) is 2.94. The number of fused-ring (bicyclic) bond motifs is 1. The Morgan fingerprint density at radius 2 is 2.00 bits per heavy atom. The molecule has 0 aliphatic carbocycles. The predicted octanol–water partition coefficient (Wildman–Crippen LogP) is 2.69. The lowest BCUT2D eigenvalue weighted by Gasteiger charge is -2.28. The molecule has 1 aliphatic heterocycles. The van der Waals surface area contributed by atoms with E-state index in [0.29, 0.717) is 12.2 Å². The minimum atomic E-state index is -0.218. The molecule has 0 saturated carbocycles. The highest BCUT2D eigenvalue weighted by molar-refractivity contribution is 5.93. The minimum absolute atomic E-state index is 0.0465. The summed E-state index contributed by atoms with van der Waals surface area (Å²) in [6, 6.07) is 6.62. The summed E-state index contributed by atoms with van der Waals surface area (Å²) >= 11 is 0. The molecule has 2 heterocycles. The van der Waals surface area contributed by atoms with Gasteiger partial charge in [-0.2, -0.15) is 5.10 Å². The van der Waals surface area contributed by atoms with Crippen LogP contribution in [-0.4, -0.2) is 46.1 Å². The molecule has 1 aromatic carbocycles. The van der Waals surface area contributed by atoms with Crippen molar-refractivity contribution in [1.29, 1.82) is 0 Å². The van der Waals surface area contributed by atoms with Gasteiger partial charge in [0.15, 0.2) is 5.69 Å². The van der Waals surface area contributed by atoms with Crippen molar-refractivity contribution in [3.8, 4) is 0 Å². The van der Waals surface area contributed by atoms with E-state index in [0.717, 1.165) is 43.6 Å². The first-order valence-corrected chi connectivity index (χ1v) is 8.76. The zero-order valence-corrected chi connectivity index (χ0v) is 15.1. The van der Waals surface area contributed by atoms with Gasteiger partial charge in [-0.1, -0.05) is 19.1 Å². The third kappa shape index (κ3) is 3.74. The number of benzene rings is 1. The van der Waals surface area contributed by atoms with Gasteiger partial charge in [-0.15, -0.1) is 0 Å². The molecule has 0 unspecified atom stereocenters. The van der Waals surface area contributed by atoms with Gasteiger partial charge >= 0.3 is 0 Å². The summed E-state index contributed by atoms with van der Waals surface area (Å²) in [4.78, 5) is 16.4. The van der Waals surface area contributed by atoms with Crippen molar-refractivity contribution < 1.29 is 9.18 Å². The third-order valence-corrected chi connectivity index (χ3v) is 4.58.